The van der Waals surface area contributed by atoms with Crippen molar-refractivity contribution in [2.24, 2.45) is 0 Å². The smallest absolute Gasteiger partial charge is 0.145 e. The third-order valence-corrected chi connectivity index (χ3v) is 5.77. The van der Waals surface area contributed by atoms with Crippen LogP contribution < -0.4 is 4.74 Å². The molecule has 1 nitrogen and oxygen atoms in total. The SMILES string of the molecule is BrCCCCCCCCCOc1c(I)cc(I)cc1I. The average molecular weight is 677 g/mol. The molecule has 0 saturated carbocycles. The Bertz CT molecular complexity index is 376. The van der Waals surface area contributed by atoms with Crippen molar-refractivity contribution in [3.8, 4) is 5.75 Å². The predicted molar refractivity (Wildman–Crippen MR) is 116 cm³/mol. The first-order valence-corrected chi connectivity index (χ1v) is 11.3. The molecule has 114 valence electrons. The molecule has 1 aromatic carbocycles. The first kappa shape index (κ1) is 19.7. The molecule has 0 aromatic heterocycles. The highest BCUT2D eigenvalue weighted by atomic mass is 127. The monoisotopic (exact) mass is 676 g/mol. The fourth-order valence-corrected chi connectivity index (χ4v) is 6.21. The normalized spacial score (nSPS) is 10.8. The lowest BCUT2D eigenvalue weighted by atomic mass is 10.1. The van der Waals surface area contributed by atoms with E-state index in [4.69, 9.17) is 4.74 Å². The van der Waals surface area contributed by atoms with E-state index in [-0.39, 0.29) is 0 Å². The third kappa shape index (κ3) is 8.36. The van der Waals surface area contributed by atoms with Gasteiger partial charge < -0.3 is 4.74 Å². The first-order valence-electron chi connectivity index (χ1n) is 6.98. The van der Waals surface area contributed by atoms with Crippen molar-refractivity contribution in [1.29, 1.82) is 0 Å². The summed E-state index contributed by atoms with van der Waals surface area (Å²) in [5.41, 5.74) is 0. The fourth-order valence-electron chi connectivity index (χ4n) is 1.92. The molecule has 0 amide bonds. The van der Waals surface area contributed by atoms with Crippen LogP contribution in [0.25, 0.3) is 0 Å². The Hall–Kier alpha value is 1.69. The Kier molecular flexibility index (Phi) is 12.0. The molecular formula is C15H20BrI3O. The number of ether oxygens (including phenoxy) is 1. The van der Waals surface area contributed by atoms with Crippen molar-refractivity contribution in [3.63, 3.8) is 0 Å². The topological polar surface area (TPSA) is 9.23 Å². The Morgan fingerprint density at radius 1 is 0.800 bits per heavy atom. The highest BCUT2D eigenvalue weighted by molar-refractivity contribution is 14.1. The van der Waals surface area contributed by atoms with E-state index in [0.29, 0.717) is 0 Å². The van der Waals surface area contributed by atoms with Gasteiger partial charge >= 0.3 is 0 Å². The lowest BCUT2D eigenvalue weighted by Gasteiger charge is -2.11. The molecule has 0 N–H and O–H groups in total. The van der Waals surface area contributed by atoms with Crippen LogP contribution in [0.5, 0.6) is 5.75 Å². The van der Waals surface area contributed by atoms with Crippen LogP contribution >= 0.6 is 83.7 Å². The Balaban J connectivity index is 2.13. The number of hydrogen-bond acceptors (Lipinski definition) is 1. The lowest BCUT2D eigenvalue weighted by molar-refractivity contribution is 0.300. The number of unbranched alkanes of at least 4 members (excludes halogenated alkanes) is 6. The summed E-state index contributed by atoms with van der Waals surface area (Å²) in [7, 11) is 0. The van der Waals surface area contributed by atoms with Gasteiger partial charge in [0.15, 0.2) is 0 Å². The summed E-state index contributed by atoms with van der Waals surface area (Å²) in [6.07, 6.45) is 9.20. The molecule has 0 aliphatic heterocycles. The Morgan fingerprint density at radius 3 is 1.85 bits per heavy atom. The molecular weight excluding hydrogens is 657 g/mol. The van der Waals surface area contributed by atoms with Gasteiger partial charge in [-0.3, -0.25) is 0 Å². The molecule has 0 atom stereocenters. The fraction of sp³-hybridized carbons (Fsp3) is 0.600. The van der Waals surface area contributed by atoms with Crippen molar-refractivity contribution in [1.82, 2.24) is 0 Å². The lowest BCUT2D eigenvalue weighted by Crippen LogP contribution is -2.01. The molecule has 0 unspecified atom stereocenters. The highest BCUT2D eigenvalue weighted by Crippen LogP contribution is 2.29. The molecule has 1 rings (SSSR count). The maximum absolute atomic E-state index is 5.94. The molecule has 0 aliphatic rings. The van der Waals surface area contributed by atoms with E-state index in [1.54, 1.807) is 0 Å². The molecule has 1 aromatic rings. The number of rotatable bonds is 10. The van der Waals surface area contributed by atoms with Gasteiger partial charge in [0.05, 0.1) is 13.7 Å². The average Bonchev–Trinajstić information content (AvgIpc) is 2.39. The molecule has 0 spiro atoms. The minimum absolute atomic E-state index is 0.841. The molecule has 0 saturated heterocycles. The van der Waals surface area contributed by atoms with E-state index >= 15 is 0 Å². The van der Waals surface area contributed by atoms with Gasteiger partial charge in [0, 0.05) is 8.90 Å². The van der Waals surface area contributed by atoms with Crippen LogP contribution in [-0.2, 0) is 0 Å². The van der Waals surface area contributed by atoms with Crippen LogP contribution in [-0.4, -0.2) is 11.9 Å². The van der Waals surface area contributed by atoms with Crippen LogP contribution in [0.3, 0.4) is 0 Å². The minimum Gasteiger partial charge on any atom is -0.491 e. The van der Waals surface area contributed by atoms with Crippen molar-refractivity contribution in [3.05, 3.63) is 22.8 Å². The molecule has 0 aliphatic carbocycles. The van der Waals surface area contributed by atoms with E-state index in [9.17, 15) is 0 Å². The largest absolute Gasteiger partial charge is 0.491 e. The van der Waals surface area contributed by atoms with Gasteiger partial charge in [-0.2, -0.15) is 0 Å². The summed E-state index contributed by atoms with van der Waals surface area (Å²) in [6.45, 7) is 0.841. The Morgan fingerprint density at radius 2 is 1.30 bits per heavy atom. The molecule has 0 bridgehead atoms. The van der Waals surface area contributed by atoms with Gasteiger partial charge in [-0.05, 0) is 92.7 Å². The second-order valence-corrected chi connectivity index (χ2v) is 9.07. The molecule has 0 fully saturated rings. The van der Waals surface area contributed by atoms with Gasteiger partial charge in [-0.25, -0.2) is 0 Å². The van der Waals surface area contributed by atoms with Crippen LogP contribution in [0.2, 0.25) is 0 Å². The standard InChI is InChI=1S/C15H20BrI3O/c16-8-6-4-2-1-3-5-7-9-20-15-13(18)10-12(17)11-14(15)19/h10-11H,1-9H2. The Labute approximate surface area is 171 Å². The third-order valence-electron chi connectivity index (χ3n) is 2.99. The van der Waals surface area contributed by atoms with Crippen molar-refractivity contribution >= 4 is 83.7 Å². The van der Waals surface area contributed by atoms with Crippen molar-refractivity contribution in [2.45, 2.75) is 44.9 Å². The minimum atomic E-state index is 0.841. The summed E-state index contributed by atoms with van der Waals surface area (Å²) in [5, 5.41) is 1.15. The highest BCUT2D eigenvalue weighted by Gasteiger charge is 2.07. The maximum atomic E-state index is 5.94. The molecule has 5 heteroatoms. The first-order chi connectivity index (χ1) is 9.65. The maximum Gasteiger partial charge on any atom is 0.145 e. The number of halogens is 4. The van der Waals surface area contributed by atoms with Crippen molar-refractivity contribution < 1.29 is 4.74 Å². The molecule has 0 radical (unpaired) electrons. The molecule has 20 heavy (non-hydrogen) atoms. The summed E-state index contributed by atoms with van der Waals surface area (Å²) in [4.78, 5) is 0. The van der Waals surface area contributed by atoms with Crippen LogP contribution in [0, 0.1) is 10.7 Å². The van der Waals surface area contributed by atoms with E-state index < -0.39 is 0 Å². The van der Waals surface area contributed by atoms with E-state index in [2.05, 4.69) is 95.8 Å². The van der Waals surface area contributed by atoms with Crippen LogP contribution in [0.15, 0.2) is 12.1 Å². The van der Waals surface area contributed by atoms with Gasteiger partial charge in [0.2, 0.25) is 0 Å². The van der Waals surface area contributed by atoms with Gasteiger partial charge in [-0.15, -0.1) is 0 Å². The summed E-state index contributed by atoms with van der Waals surface area (Å²) in [5.74, 6) is 1.06. The van der Waals surface area contributed by atoms with Crippen LogP contribution in [0.1, 0.15) is 44.9 Å². The molecule has 0 heterocycles. The van der Waals surface area contributed by atoms with E-state index in [1.165, 1.54) is 49.2 Å². The zero-order valence-corrected chi connectivity index (χ0v) is 19.5. The van der Waals surface area contributed by atoms with E-state index in [1.807, 2.05) is 0 Å². The summed E-state index contributed by atoms with van der Waals surface area (Å²) < 4.78 is 9.65. The second kappa shape index (κ2) is 12.2. The van der Waals surface area contributed by atoms with Gasteiger partial charge in [-0.1, -0.05) is 48.0 Å². The van der Waals surface area contributed by atoms with Gasteiger partial charge in [0.1, 0.15) is 5.75 Å². The predicted octanol–water partition coefficient (Wildman–Crippen LogP) is 7.00. The zero-order valence-electron chi connectivity index (χ0n) is 11.4. The van der Waals surface area contributed by atoms with Crippen molar-refractivity contribution in [2.75, 3.05) is 11.9 Å². The van der Waals surface area contributed by atoms with Crippen LogP contribution in [0.4, 0.5) is 0 Å². The number of hydrogen-bond donors (Lipinski definition) is 0. The summed E-state index contributed by atoms with van der Waals surface area (Å²) in [6, 6.07) is 4.34. The second-order valence-electron chi connectivity index (χ2n) is 4.71. The van der Waals surface area contributed by atoms with E-state index in [0.717, 1.165) is 24.1 Å². The quantitative estimate of drug-likeness (QED) is 0.147. The van der Waals surface area contributed by atoms with Gasteiger partial charge in [0.25, 0.3) is 0 Å². The number of benzene rings is 1. The zero-order chi connectivity index (χ0) is 14.8. The number of alkyl halides is 1. The summed E-state index contributed by atoms with van der Waals surface area (Å²) >= 11 is 10.5.